The Morgan fingerprint density at radius 3 is 2.41 bits per heavy atom. The summed E-state index contributed by atoms with van der Waals surface area (Å²) >= 11 is 1.56. The van der Waals surface area contributed by atoms with Gasteiger partial charge < -0.3 is 0 Å². The Labute approximate surface area is 104 Å². The smallest absolute Gasteiger partial charge is 0.150 e. The van der Waals surface area contributed by atoms with E-state index in [9.17, 15) is 9.18 Å². The van der Waals surface area contributed by atoms with E-state index in [1.807, 2.05) is 19.1 Å². The number of hydrogen-bond donors (Lipinski definition) is 0. The summed E-state index contributed by atoms with van der Waals surface area (Å²) < 4.78 is 12.8. The van der Waals surface area contributed by atoms with Crippen molar-refractivity contribution >= 4 is 18.0 Å². The summed E-state index contributed by atoms with van der Waals surface area (Å²) in [7, 11) is 0. The predicted molar refractivity (Wildman–Crippen MR) is 67.1 cm³/mol. The normalized spacial score (nSPS) is 10.2. The molecule has 0 aliphatic heterocycles. The summed E-state index contributed by atoms with van der Waals surface area (Å²) in [5.41, 5.74) is 1.72. The number of benzene rings is 2. The Morgan fingerprint density at radius 1 is 1.12 bits per heavy atom. The van der Waals surface area contributed by atoms with E-state index >= 15 is 0 Å². The maximum absolute atomic E-state index is 12.8. The molecule has 0 spiro atoms. The number of aldehydes is 1. The largest absolute Gasteiger partial charge is 0.298 e. The van der Waals surface area contributed by atoms with Crippen LogP contribution in [-0.2, 0) is 0 Å². The van der Waals surface area contributed by atoms with Crippen LogP contribution in [0.3, 0.4) is 0 Å². The van der Waals surface area contributed by atoms with Crippen LogP contribution >= 0.6 is 11.8 Å². The summed E-state index contributed by atoms with van der Waals surface area (Å²) in [6.07, 6.45) is 0.833. The average Bonchev–Trinajstić information content (AvgIpc) is 2.34. The highest BCUT2D eigenvalue weighted by molar-refractivity contribution is 7.99. The topological polar surface area (TPSA) is 17.1 Å². The second kappa shape index (κ2) is 5.15. The van der Waals surface area contributed by atoms with Gasteiger partial charge in [0.05, 0.1) is 0 Å². The van der Waals surface area contributed by atoms with Crippen LogP contribution in [-0.4, -0.2) is 6.29 Å². The van der Waals surface area contributed by atoms with Crippen molar-refractivity contribution in [1.82, 2.24) is 0 Å². The fourth-order valence-corrected chi connectivity index (χ4v) is 2.37. The van der Waals surface area contributed by atoms with Gasteiger partial charge in [-0.25, -0.2) is 4.39 Å². The zero-order valence-corrected chi connectivity index (χ0v) is 10.1. The first-order chi connectivity index (χ1) is 8.19. The summed E-state index contributed by atoms with van der Waals surface area (Å²) in [5, 5.41) is 0. The van der Waals surface area contributed by atoms with Crippen LogP contribution in [0.15, 0.2) is 52.3 Å². The van der Waals surface area contributed by atoms with Crippen molar-refractivity contribution in [2.75, 3.05) is 0 Å². The minimum absolute atomic E-state index is 0.234. The Bertz CT molecular complexity index is 534. The molecule has 0 heterocycles. The zero-order chi connectivity index (χ0) is 12.3. The highest BCUT2D eigenvalue weighted by Gasteiger charge is 2.02. The Morgan fingerprint density at radius 2 is 1.82 bits per heavy atom. The van der Waals surface area contributed by atoms with Crippen LogP contribution in [0.2, 0.25) is 0 Å². The molecule has 0 unspecified atom stereocenters. The molecule has 0 aliphatic carbocycles. The lowest BCUT2D eigenvalue weighted by atomic mass is 10.2. The van der Waals surface area contributed by atoms with Gasteiger partial charge in [0.25, 0.3) is 0 Å². The fourth-order valence-electron chi connectivity index (χ4n) is 1.49. The van der Waals surface area contributed by atoms with Crippen molar-refractivity contribution in [2.45, 2.75) is 16.7 Å². The first-order valence-electron chi connectivity index (χ1n) is 5.18. The third kappa shape index (κ3) is 2.94. The van der Waals surface area contributed by atoms with Gasteiger partial charge in [-0.1, -0.05) is 17.8 Å². The van der Waals surface area contributed by atoms with Crippen molar-refractivity contribution < 1.29 is 9.18 Å². The molecule has 3 heteroatoms. The van der Waals surface area contributed by atoms with E-state index < -0.39 is 0 Å². The van der Waals surface area contributed by atoms with Crippen molar-refractivity contribution in [3.8, 4) is 0 Å². The molecule has 2 rings (SSSR count). The van der Waals surface area contributed by atoms with E-state index in [2.05, 4.69) is 0 Å². The van der Waals surface area contributed by atoms with Gasteiger partial charge >= 0.3 is 0 Å². The second-order valence-electron chi connectivity index (χ2n) is 3.70. The molecule has 86 valence electrons. The van der Waals surface area contributed by atoms with Gasteiger partial charge in [0.2, 0.25) is 0 Å². The Hall–Kier alpha value is -1.61. The Balaban J connectivity index is 2.24. The van der Waals surface area contributed by atoms with Crippen LogP contribution in [0.25, 0.3) is 0 Å². The molecule has 0 N–H and O–H groups in total. The number of carbonyl (C=O) groups is 1. The number of halogens is 1. The van der Waals surface area contributed by atoms with Gasteiger partial charge in [0, 0.05) is 15.4 Å². The summed E-state index contributed by atoms with van der Waals surface area (Å²) in [6.45, 7) is 1.96. The molecular formula is C14H11FOS. The van der Waals surface area contributed by atoms with E-state index in [1.54, 1.807) is 30.0 Å². The van der Waals surface area contributed by atoms with Crippen molar-refractivity contribution in [3.63, 3.8) is 0 Å². The SMILES string of the molecule is Cc1cc(C=O)ccc1Sc1ccc(F)cc1. The minimum Gasteiger partial charge on any atom is -0.298 e. The van der Waals surface area contributed by atoms with Gasteiger partial charge in [-0.2, -0.15) is 0 Å². The van der Waals surface area contributed by atoms with Crippen molar-refractivity contribution in [2.24, 2.45) is 0 Å². The van der Waals surface area contributed by atoms with Crippen molar-refractivity contribution in [3.05, 3.63) is 59.4 Å². The molecule has 0 fully saturated rings. The van der Waals surface area contributed by atoms with Crippen LogP contribution in [0.4, 0.5) is 4.39 Å². The average molecular weight is 246 g/mol. The zero-order valence-electron chi connectivity index (χ0n) is 9.31. The third-order valence-corrected chi connectivity index (χ3v) is 3.56. The lowest BCUT2D eigenvalue weighted by molar-refractivity contribution is 0.112. The van der Waals surface area contributed by atoms with Gasteiger partial charge in [0.15, 0.2) is 0 Å². The molecule has 0 radical (unpaired) electrons. The van der Waals surface area contributed by atoms with Gasteiger partial charge in [0.1, 0.15) is 12.1 Å². The minimum atomic E-state index is -0.234. The van der Waals surface area contributed by atoms with Crippen molar-refractivity contribution in [1.29, 1.82) is 0 Å². The molecule has 2 aromatic carbocycles. The molecule has 17 heavy (non-hydrogen) atoms. The Kier molecular flexibility index (Phi) is 3.59. The lowest BCUT2D eigenvalue weighted by Gasteiger charge is -2.06. The molecular weight excluding hydrogens is 235 g/mol. The summed E-state index contributed by atoms with van der Waals surface area (Å²) in [6, 6.07) is 11.9. The van der Waals surface area contributed by atoms with E-state index in [1.165, 1.54) is 12.1 Å². The van der Waals surface area contributed by atoms with Gasteiger partial charge in [-0.05, 0) is 48.9 Å². The standard InChI is InChI=1S/C14H11FOS/c1-10-8-11(9-16)2-7-14(10)17-13-5-3-12(15)4-6-13/h2-9H,1H3. The number of aryl methyl sites for hydroxylation is 1. The third-order valence-electron chi connectivity index (χ3n) is 2.38. The molecule has 2 aromatic rings. The van der Waals surface area contributed by atoms with E-state index in [0.29, 0.717) is 5.56 Å². The second-order valence-corrected chi connectivity index (χ2v) is 4.81. The van der Waals surface area contributed by atoms with Gasteiger partial charge in [-0.3, -0.25) is 4.79 Å². The maximum Gasteiger partial charge on any atom is 0.150 e. The van der Waals surface area contributed by atoms with Gasteiger partial charge in [-0.15, -0.1) is 0 Å². The molecule has 0 aromatic heterocycles. The first-order valence-corrected chi connectivity index (χ1v) is 6.00. The highest BCUT2D eigenvalue weighted by Crippen LogP contribution is 2.30. The van der Waals surface area contributed by atoms with Crippen LogP contribution in [0.5, 0.6) is 0 Å². The summed E-state index contributed by atoms with van der Waals surface area (Å²) in [4.78, 5) is 12.7. The molecule has 0 bridgehead atoms. The monoisotopic (exact) mass is 246 g/mol. The molecule has 0 atom stereocenters. The highest BCUT2D eigenvalue weighted by atomic mass is 32.2. The first kappa shape index (κ1) is 11.9. The molecule has 0 amide bonds. The quantitative estimate of drug-likeness (QED) is 0.758. The molecule has 0 saturated heterocycles. The molecule has 0 saturated carbocycles. The molecule has 0 aliphatic rings. The van der Waals surface area contributed by atoms with Crippen LogP contribution < -0.4 is 0 Å². The number of rotatable bonds is 3. The number of carbonyl (C=O) groups excluding carboxylic acids is 1. The number of hydrogen-bond acceptors (Lipinski definition) is 2. The van der Waals surface area contributed by atoms with E-state index in [0.717, 1.165) is 21.6 Å². The van der Waals surface area contributed by atoms with Crippen LogP contribution in [0, 0.1) is 12.7 Å². The van der Waals surface area contributed by atoms with Crippen LogP contribution in [0.1, 0.15) is 15.9 Å². The lowest BCUT2D eigenvalue weighted by Crippen LogP contribution is -1.85. The van der Waals surface area contributed by atoms with E-state index in [-0.39, 0.29) is 5.82 Å². The maximum atomic E-state index is 12.8. The fraction of sp³-hybridized carbons (Fsp3) is 0.0714. The van der Waals surface area contributed by atoms with E-state index in [4.69, 9.17) is 0 Å². The predicted octanol–water partition coefficient (Wildman–Crippen LogP) is 4.10. The molecule has 1 nitrogen and oxygen atoms in total. The summed E-state index contributed by atoms with van der Waals surface area (Å²) in [5.74, 6) is -0.234.